The van der Waals surface area contributed by atoms with Gasteiger partial charge >= 0.3 is 7.80 Å². The monoisotopic (exact) mass is 252 g/mol. The molecule has 3 heteroatoms. The van der Waals surface area contributed by atoms with E-state index in [1.165, 1.54) is 0 Å². The van der Waals surface area contributed by atoms with Crippen LogP contribution in [0, 0.1) is 0 Å². The molecule has 0 aliphatic carbocycles. The van der Waals surface area contributed by atoms with E-state index in [2.05, 4.69) is 4.98 Å². The molecule has 0 bridgehead atoms. The second-order valence-electron chi connectivity index (χ2n) is 3.98. The van der Waals surface area contributed by atoms with Crippen LogP contribution in [-0.2, 0) is 4.57 Å². The van der Waals surface area contributed by atoms with Crippen molar-refractivity contribution in [2.45, 2.75) is 0 Å². The molecule has 1 unspecified atom stereocenters. The Morgan fingerprint density at radius 1 is 0.833 bits per heavy atom. The normalized spacial score (nSPS) is 11.4. The van der Waals surface area contributed by atoms with E-state index in [4.69, 9.17) is 0 Å². The van der Waals surface area contributed by atoms with Crippen molar-refractivity contribution < 1.29 is 4.57 Å². The van der Waals surface area contributed by atoms with Crippen LogP contribution in [0.4, 0.5) is 0 Å². The summed E-state index contributed by atoms with van der Waals surface area (Å²) in [4.78, 5) is 4.34. The lowest BCUT2D eigenvalue weighted by molar-refractivity contribution is 0.598. The van der Waals surface area contributed by atoms with Gasteiger partial charge in [-0.05, 0) is 24.3 Å². The Morgan fingerprint density at radius 3 is 2.44 bits per heavy atom. The van der Waals surface area contributed by atoms with Crippen LogP contribution in [0.3, 0.4) is 0 Å². The molecule has 0 saturated heterocycles. The molecule has 0 spiro atoms. The topological polar surface area (TPSA) is 30.0 Å². The summed E-state index contributed by atoms with van der Waals surface area (Å²) < 4.78 is 12.6. The lowest BCUT2D eigenvalue weighted by Crippen LogP contribution is -2.08. The molecule has 1 heterocycles. The molecule has 3 aromatic rings. The maximum absolute atomic E-state index is 12.6. The molecular formula is C15H11NOP+. The number of benzene rings is 2. The Kier molecular flexibility index (Phi) is 2.87. The van der Waals surface area contributed by atoms with E-state index in [9.17, 15) is 4.57 Å². The molecular weight excluding hydrogens is 241 g/mol. The van der Waals surface area contributed by atoms with Crippen LogP contribution in [0.25, 0.3) is 10.9 Å². The van der Waals surface area contributed by atoms with Crippen molar-refractivity contribution in [2.24, 2.45) is 0 Å². The zero-order valence-electron chi connectivity index (χ0n) is 9.65. The molecule has 0 fully saturated rings. The van der Waals surface area contributed by atoms with E-state index >= 15 is 0 Å². The van der Waals surface area contributed by atoms with Crippen LogP contribution >= 0.6 is 7.80 Å². The van der Waals surface area contributed by atoms with Gasteiger partial charge in [-0.3, -0.25) is 4.98 Å². The first-order chi connectivity index (χ1) is 8.86. The van der Waals surface area contributed by atoms with Crippen LogP contribution in [0.2, 0.25) is 0 Å². The first-order valence-electron chi connectivity index (χ1n) is 5.72. The third kappa shape index (κ3) is 1.92. The molecule has 0 radical (unpaired) electrons. The second-order valence-corrected chi connectivity index (χ2v) is 5.57. The van der Waals surface area contributed by atoms with Gasteiger partial charge in [0.1, 0.15) is 5.52 Å². The summed E-state index contributed by atoms with van der Waals surface area (Å²) in [7, 11) is -1.58. The molecule has 0 aliphatic rings. The van der Waals surface area contributed by atoms with Gasteiger partial charge in [-0.2, -0.15) is 0 Å². The van der Waals surface area contributed by atoms with Crippen molar-refractivity contribution in [3.8, 4) is 0 Å². The minimum atomic E-state index is -1.58. The molecule has 18 heavy (non-hydrogen) atoms. The van der Waals surface area contributed by atoms with Gasteiger partial charge in [-0.15, -0.1) is 0 Å². The van der Waals surface area contributed by atoms with Gasteiger partial charge in [0, 0.05) is 11.6 Å². The van der Waals surface area contributed by atoms with Crippen molar-refractivity contribution >= 4 is 29.3 Å². The first-order valence-corrected chi connectivity index (χ1v) is 6.98. The zero-order valence-corrected chi connectivity index (χ0v) is 10.5. The van der Waals surface area contributed by atoms with Crippen LogP contribution < -0.4 is 10.6 Å². The van der Waals surface area contributed by atoms with E-state index in [-0.39, 0.29) is 0 Å². The summed E-state index contributed by atoms with van der Waals surface area (Å²) in [5.74, 6) is 0. The number of para-hydroxylation sites is 1. The molecule has 3 rings (SSSR count). The van der Waals surface area contributed by atoms with Crippen molar-refractivity contribution in [1.29, 1.82) is 0 Å². The molecule has 86 valence electrons. The van der Waals surface area contributed by atoms with Crippen LogP contribution in [-0.4, -0.2) is 4.98 Å². The molecule has 0 N–H and O–H groups in total. The van der Waals surface area contributed by atoms with E-state index in [0.29, 0.717) is 0 Å². The Balaban J connectivity index is 2.18. The van der Waals surface area contributed by atoms with Crippen LogP contribution in [0.1, 0.15) is 0 Å². The fourth-order valence-corrected chi connectivity index (χ4v) is 3.28. The maximum atomic E-state index is 12.6. The van der Waals surface area contributed by atoms with Crippen molar-refractivity contribution in [2.75, 3.05) is 0 Å². The van der Waals surface area contributed by atoms with Crippen molar-refractivity contribution in [1.82, 2.24) is 4.98 Å². The lowest BCUT2D eigenvalue weighted by Gasteiger charge is -1.96. The molecule has 0 saturated carbocycles. The second kappa shape index (κ2) is 4.67. The Morgan fingerprint density at radius 2 is 1.61 bits per heavy atom. The van der Waals surface area contributed by atoms with Gasteiger partial charge in [0.25, 0.3) is 0 Å². The Hall–Kier alpha value is -2.05. The maximum Gasteiger partial charge on any atom is 0.417 e. The van der Waals surface area contributed by atoms with Gasteiger partial charge in [-0.25, -0.2) is 0 Å². The van der Waals surface area contributed by atoms with Gasteiger partial charge < -0.3 is 0 Å². The van der Waals surface area contributed by atoms with Crippen molar-refractivity contribution in [3.63, 3.8) is 0 Å². The Labute approximate surface area is 106 Å². The van der Waals surface area contributed by atoms with Gasteiger partial charge in [0.05, 0.1) is 0 Å². The van der Waals surface area contributed by atoms with Crippen LogP contribution in [0.5, 0.6) is 0 Å². The fourth-order valence-electron chi connectivity index (χ4n) is 1.95. The largest absolute Gasteiger partial charge is 0.417 e. The fraction of sp³-hybridized carbons (Fsp3) is 0. The minimum Gasteiger partial charge on any atom is -0.251 e. The highest BCUT2D eigenvalue weighted by Crippen LogP contribution is 2.23. The third-order valence-electron chi connectivity index (χ3n) is 2.82. The average Bonchev–Trinajstić information content (AvgIpc) is 2.47. The first kappa shape index (κ1) is 11.1. The SMILES string of the molecule is O=[P+](c1ccccc1)c1cccc2cccnc12. The molecule has 0 amide bonds. The summed E-state index contributed by atoms with van der Waals surface area (Å²) in [6.45, 7) is 0. The molecule has 2 aromatic carbocycles. The van der Waals surface area contributed by atoms with E-state index in [1.807, 2.05) is 60.7 Å². The summed E-state index contributed by atoms with van der Waals surface area (Å²) in [5.41, 5.74) is 0.824. The molecule has 0 aliphatic heterocycles. The Bertz CT molecular complexity index is 705. The van der Waals surface area contributed by atoms with E-state index < -0.39 is 7.80 Å². The molecule has 1 aromatic heterocycles. The number of hydrogen-bond donors (Lipinski definition) is 0. The highest BCUT2D eigenvalue weighted by atomic mass is 31.1. The predicted molar refractivity (Wildman–Crippen MR) is 75.1 cm³/mol. The van der Waals surface area contributed by atoms with Gasteiger partial charge in [-0.1, -0.05) is 41.0 Å². The number of pyridine rings is 1. The van der Waals surface area contributed by atoms with Crippen molar-refractivity contribution in [3.05, 3.63) is 66.9 Å². The number of aromatic nitrogens is 1. The number of fused-ring (bicyclic) bond motifs is 1. The summed E-state index contributed by atoms with van der Waals surface area (Å²) in [5, 5.41) is 2.66. The van der Waals surface area contributed by atoms with Gasteiger partial charge in [0.15, 0.2) is 5.30 Å². The van der Waals surface area contributed by atoms with Crippen LogP contribution in [0.15, 0.2) is 66.9 Å². The molecule has 1 atom stereocenters. The predicted octanol–water partition coefficient (Wildman–Crippen LogP) is 3.01. The quantitative estimate of drug-likeness (QED) is 0.656. The van der Waals surface area contributed by atoms with Gasteiger partial charge in [0.2, 0.25) is 5.30 Å². The lowest BCUT2D eigenvalue weighted by atomic mass is 10.2. The highest BCUT2D eigenvalue weighted by molar-refractivity contribution is 7.62. The number of rotatable bonds is 2. The smallest absolute Gasteiger partial charge is 0.251 e. The summed E-state index contributed by atoms with van der Waals surface area (Å²) in [6, 6.07) is 19.2. The zero-order chi connectivity index (χ0) is 12.4. The summed E-state index contributed by atoms with van der Waals surface area (Å²) in [6.07, 6.45) is 1.74. The average molecular weight is 252 g/mol. The standard InChI is InChI=1S/C15H11NOP/c17-18(13-8-2-1-3-9-13)14-10-4-6-12-7-5-11-16-15(12)14/h1-11H/q+1. The highest BCUT2D eigenvalue weighted by Gasteiger charge is 2.25. The molecule has 2 nitrogen and oxygen atoms in total. The number of hydrogen-bond acceptors (Lipinski definition) is 2. The van der Waals surface area contributed by atoms with E-state index in [0.717, 1.165) is 21.5 Å². The third-order valence-corrected chi connectivity index (χ3v) is 4.39. The van der Waals surface area contributed by atoms with E-state index in [1.54, 1.807) is 6.20 Å². The minimum absolute atomic E-state index is 0.800. The number of nitrogens with zero attached hydrogens (tertiary/aromatic N) is 1. The summed E-state index contributed by atoms with van der Waals surface area (Å²) >= 11 is 0.